The molecular weight excluding hydrogens is 247 g/mol. The number of carbonyl (C=O) groups is 2. The Hall–Kier alpha value is -1.08. The van der Waals surface area contributed by atoms with E-state index in [1.54, 1.807) is 28.2 Å². The van der Waals surface area contributed by atoms with E-state index in [4.69, 9.17) is 9.31 Å². The van der Waals surface area contributed by atoms with Gasteiger partial charge in [0.15, 0.2) is 12.2 Å². The average Bonchev–Trinajstić information content (AvgIpc) is 2.92. The first kappa shape index (κ1) is 14.3. The molecule has 4 atom stereocenters. The van der Waals surface area contributed by atoms with Gasteiger partial charge in [-0.25, -0.2) is 0 Å². The first-order valence-electron chi connectivity index (χ1n) is 6.56. The Kier molecular flexibility index (Phi) is 3.87. The fourth-order valence-electron chi connectivity index (χ4n) is 2.28. The predicted octanol–water partition coefficient (Wildman–Crippen LogP) is -0.155. The first-order valence-corrected chi connectivity index (χ1v) is 6.56. The van der Waals surface area contributed by atoms with E-state index < -0.39 is 19.3 Å². The molecule has 1 aliphatic carbocycles. The molecule has 2 aliphatic rings. The first-order chi connectivity index (χ1) is 8.82. The van der Waals surface area contributed by atoms with E-state index in [2.05, 4.69) is 6.92 Å². The minimum Gasteiger partial charge on any atom is -0.396 e. The van der Waals surface area contributed by atoms with Crippen molar-refractivity contribution in [1.29, 1.82) is 0 Å². The maximum atomic E-state index is 12.1. The van der Waals surface area contributed by atoms with Crippen LogP contribution in [0.25, 0.3) is 0 Å². The highest BCUT2D eigenvalue weighted by atomic mass is 16.7. The van der Waals surface area contributed by atoms with Crippen LogP contribution in [0.1, 0.15) is 13.3 Å². The van der Waals surface area contributed by atoms with Gasteiger partial charge in [-0.1, -0.05) is 6.92 Å². The van der Waals surface area contributed by atoms with Gasteiger partial charge >= 0.3 is 7.12 Å². The second-order valence-electron chi connectivity index (χ2n) is 5.82. The maximum absolute atomic E-state index is 12.1. The van der Waals surface area contributed by atoms with Crippen LogP contribution in [-0.4, -0.2) is 69.1 Å². The molecule has 1 heterocycles. The fourth-order valence-corrected chi connectivity index (χ4v) is 2.28. The number of carbonyl (C=O) groups excluding carboxylic acids is 2. The van der Waals surface area contributed by atoms with Crippen molar-refractivity contribution in [3.05, 3.63) is 0 Å². The quantitative estimate of drug-likeness (QED) is 0.668. The van der Waals surface area contributed by atoms with E-state index in [0.717, 1.165) is 6.42 Å². The number of nitrogens with zero attached hydrogens (tertiary/aromatic N) is 2. The number of hydrogen-bond acceptors (Lipinski definition) is 4. The van der Waals surface area contributed by atoms with Gasteiger partial charge in [-0.3, -0.25) is 9.59 Å². The van der Waals surface area contributed by atoms with Crippen molar-refractivity contribution in [3.8, 4) is 0 Å². The minimum absolute atomic E-state index is 0.226. The maximum Gasteiger partial charge on any atom is 0.461 e. The summed E-state index contributed by atoms with van der Waals surface area (Å²) < 4.78 is 11.4. The van der Waals surface area contributed by atoms with E-state index in [0.29, 0.717) is 11.7 Å². The van der Waals surface area contributed by atoms with Crippen molar-refractivity contribution in [2.75, 3.05) is 28.2 Å². The lowest BCUT2D eigenvalue weighted by Crippen LogP contribution is -2.47. The summed E-state index contributed by atoms with van der Waals surface area (Å²) in [5.74, 6) is 0.387. The van der Waals surface area contributed by atoms with Gasteiger partial charge in [0.2, 0.25) is 0 Å². The summed E-state index contributed by atoms with van der Waals surface area (Å²) in [6.07, 6.45) is -0.637. The number of hydrogen-bond donors (Lipinski definition) is 0. The molecule has 0 N–H and O–H groups in total. The summed E-state index contributed by atoms with van der Waals surface area (Å²) in [5.41, 5.74) is 0. The third-order valence-electron chi connectivity index (χ3n) is 3.73. The largest absolute Gasteiger partial charge is 0.461 e. The zero-order valence-corrected chi connectivity index (χ0v) is 12.1. The fraction of sp³-hybridized carbons (Fsp3) is 0.833. The molecule has 0 spiro atoms. The molecule has 1 saturated carbocycles. The third-order valence-corrected chi connectivity index (χ3v) is 3.73. The zero-order chi connectivity index (χ0) is 14.3. The zero-order valence-electron chi connectivity index (χ0n) is 12.1. The Bertz CT molecular complexity index is 360. The summed E-state index contributed by atoms with van der Waals surface area (Å²) in [5, 5.41) is 0. The lowest BCUT2D eigenvalue weighted by molar-refractivity contribution is -0.146. The van der Waals surface area contributed by atoms with Crippen molar-refractivity contribution < 1.29 is 18.9 Å². The molecule has 19 heavy (non-hydrogen) atoms. The van der Waals surface area contributed by atoms with E-state index in [-0.39, 0.29) is 11.8 Å². The average molecular weight is 268 g/mol. The minimum atomic E-state index is -0.831. The van der Waals surface area contributed by atoms with E-state index >= 15 is 0 Å². The summed E-state index contributed by atoms with van der Waals surface area (Å²) >= 11 is 0. The SMILES string of the molecule is C[C@@H]1C[C@H]1B1O[C@@H](C(=O)N(C)C)[C@H](C(=O)N(C)C)O1. The molecular formula is C12H21BN2O4. The highest BCUT2D eigenvalue weighted by Crippen LogP contribution is 2.49. The topological polar surface area (TPSA) is 59.1 Å². The summed E-state index contributed by atoms with van der Waals surface area (Å²) in [6.45, 7) is 2.11. The van der Waals surface area contributed by atoms with Crippen LogP contribution in [0.4, 0.5) is 0 Å². The van der Waals surface area contributed by atoms with Gasteiger partial charge in [0, 0.05) is 28.2 Å². The van der Waals surface area contributed by atoms with E-state index in [1.807, 2.05) is 0 Å². The van der Waals surface area contributed by atoms with Crippen LogP contribution >= 0.6 is 0 Å². The third kappa shape index (κ3) is 2.77. The highest BCUT2D eigenvalue weighted by Gasteiger charge is 2.56. The number of likely N-dealkylation sites (N-methyl/N-ethyl adjacent to an activating group) is 2. The normalized spacial score (nSPS) is 33.2. The van der Waals surface area contributed by atoms with Gasteiger partial charge in [0.1, 0.15) is 0 Å². The number of rotatable bonds is 3. The van der Waals surface area contributed by atoms with Crippen LogP contribution in [0, 0.1) is 5.92 Å². The lowest BCUT2D eigenvalue weighted by atomic mass is 9.81. The Morgan fingerprint density at radius 2 is 1.37 bits per heavy atom. The molecule has 7 heteroatoms. The van der Waals surface area contributed by atoms with E-state index in [9.17, 15) is 9.59 Å². The summed E-state index contributed by atoms with van der Waals surface area (Å²) in [6, 6.07) is 0. The van der Waals surface area contributed by atoms with Crippen molar-refractivity contribution in [1.82, 2.24) is 9.80 Å². The molecule has 2 amide bonds. The van der Waals surface area contributed by atoms with Gasteiger partial charge in [-0.15, -0.1) is 0 Å². The molecule has 2 rings (SSSR count). The second kappa shape index (κ2) is 5.13. The molecule has 0 aromatic heterocycles. The van der Waals surface area contributed by atoms with Crippen LogP contribution in [0.3, 0.4) is 0 Å². The predicted molar refractivity (Wildman–Crippen MR) is 70.4 cm³/mol. The summed E-state index contributed by atoms with van der Waals surface area (Å²) in [4.78, 5) is 27.1. The van der Waals surface area contributed by atoms with Crippen LogP contribution in [-0.2, 0) is 18.9 Å². The smallest absolute Gasteiger partial charge is 0.396 e. The molecule has 106 valence electrons. The molecule has 0 radical (unpaired) electrons. The Balaban J connectivity index is 2.12. The molecule has 0 bridgehead atoms. The van der Waals surface area contributed by atoms with Crippen LogP contribution < -0.4 is 0 Å². The van der Waals surface area contributed by atoms with Crippen molar-refractivity contribution in [2.45, 2.75) is 31.4 Å². The van der Waals surface area contributed by atoms with Crippen molar-refractivity contribution >= 4 is 18.9 Å². The standard InChI is InChI=1S/C12H21BN2O4/c1-7-6-8(7)13-18-9(11(16)14(2)3)10(19-13)12(17)15(4)5/h7-10H,6H2,1-5H3/t7-,8-,9-,10-/m1/s1. The van der Waals surface area contributed by atoms with Crippen molar-refractivity contribution in [2.24, 2.45) is 5.92 Å². The van der Waals surface area contributed by atoms with Crippen LogP contribution in [0.15, 0.2) is 0 Å². The van der Waals surface area contributed by atoms with Gasteiger partial charge in [-0.05, 0) is 18.2 Å². The Morgan fingerprint density at radius 1 is 1.00 bits per heavy atom. The van der Waals surface area contributed by atoms with Crippen LogP contribution in [0.5, 0.6) is 0 Å². The Morgan fingerprint density at radius 3 is 1.63 bits per heavy atom. The second-order valence-corrected chi connectivity index (χ2v) is 5.82. The number of amides is 2. The lowest BCUT2D eigenvalue weighted by Gasteiger charge is -2.22. The van der Waals surface area contributed by atoms with Crippen LogP contribution in [0.2, 0.25) is 5.82 Å². The van der Waals surface area contributed by atoms with Gasteiger partial charge < -0.3 is 19.1 Å². The monoisotopic (exact) mass is 268 g/mol. The van der Waals surface area contributed by atoms with Gasteiger partial charge in [-0.2, -0.15) is 0 Å². The molecule has 2 fully saturated rings. The van der Waals surface area contributed by atoms with Gasteiger partial charge in [0.25, 0.3) is 11.8 Å². The van der Waals surface area contributed by atoms with E-state index in [1.165, 1.54) is 9.80 Å². The molecule has 1 aliphatic heterocycles. The summed E-state index contributed by atoms with van der Waals surface area (Å²) in [7, 11) is 6.16. The molecule has 1 saturated heterocycles. The van der Waals surface area contributed by atoms with Gasteiger partial charge in [0.05, 0.1) is 0 Å². The van der Waals surface area contributed by atoms with Crippen molar-refractivity contribution in [3.63, 3.8) is 0 Å². The molecule has 6 nitrogen and oxygen atoms in total. The molecule has 0 aromatic carbocycles. The molecule has 0 unspecified atom stereocenters. The Labute approximate surface area is 114 Å². The molecule has 0 aromatic rings. The highest BCUT2D eigenvalue weighted by molar-refractivity contribution is 6.49.